The number of rotatable bonds is 5. The van der Waals surface area contributed by atoms with Gasteiger partial charge < -0.3 is 26.6 Å². The van der Waals surface area contributed by atoms with Crippen LogP contribution in [0.25, 0.3) is 0 Å². The van der Waals surface area contributed by atoms with E-state index in [4.69, 9.17) is 11.5 Å². The highest BCUT2D eigenvalue weighted by molar-refractivity contribution is 5.74. The van der Waals surface area contributed by atoms with Crippen LogP contribution < -0.4 is 16.8 Å². The largest absolute Gasteiger partial charge is 0.467 e. The van der Waals surface area contributed by atoms with Crippen LogP contribution >= 0.6 is 0 Å². The number of aliphatic hydroxyl groups excluding tert-OH is 1. The molecule has 0 bridgehead atoms. The molecule has 17 heavy (non-hydrogen) atoms. The van der Waals surface area contributed by atoms with Crippen LogP contribution in [0.1, 0.15) is 6.42 Å². The Morgan fingerprint density at radius 2 is 2.35 bits per heavy atom. The van der Waals surface area contributed by atoms with E-state index in [1.807, 2.05) is 0 Å². The maximum absolute atomic E-state index is 10.9. The molecule has 0 radical (unpaired) electrons. The molecule has 7 nitrogen and oxygen atoms in total. The van der Waals surface area contributed by atoms with Crippen LogP contribution in [0.4, 0.5) is 17.2 Å². The summed E-state index contributed by atoms with van der Waals surface area (Å²) in [5.74, 6) is -0.193. The Morgan fingerprint density at radius 1 is 1.65 bits per heavy atom. The predicted octanol–water partition coefficient (Wildman–Crippen LogP) is -0.418. The molecule has 0 aliphatic carbocycles. The molecular weight excluding hydrogens is 224 g/mol. The Balaban J connectivity index is 2.43. The Bertz CT molecular complexity index is 397. The van der Waals surface area contributed by atoms with Crippen LogP contribution in [0, 0.1) is 0 Å². The topological polar surface area (TPSA) is 123 Å². The highest BCUT2D eigenvalue weighted by Crippen LogP contribution is 2.17. The van der Waals surface area contributed by atoms with Gasteiger partial charge in [-0.2, -0.15) is 0 Å². The normalized spacial score (nSPS) is 11.9. The van der Waals surface area contributed by atoms with Crippen molar-refractivity contribution < 1.29 is 14.6 Å². The van der Waals surface area contributed by atoms with Gasteiger partial charge in [0.1, 0.15) is 5.82 Å². The first-order chi connectivity index (χ1) is 8.04. The van der Waals surface area contributed by atoms with Crippen molar-refractivity contribution in [1.29, 1.82) is 0 Å². The molecule has 0 aliphatic heterocycles. The molecular formula is C10H16N4O3. The average molecular weight is 240 g/mol. The number of aromatic nitrogens is 1. The standard InChI is InChI=1S/C10H16N4O3/c1-17-10(16)8(15)2-3-13-9-7(12)4-6(11)5-14-9/h4-5,8,15H,2-3,11-12H2,1H3,(H,13,14). The van der Waals surface area contributed by atoms with E-state index < -0.39 is 12.1 Å². The molecule has 1 unspecified atom stereocenters. The first kappa shape index (κ1) is 13.0. The Kier molecular flexibility index (Phi) is 4.53. The third kappa shape index (κ3) is 3.80. The molecule has 1 aromatic heterocycles. The maximum Gasteiger partial charge on any atom is 0.334 e. The van der Waals surface area contributed by atoms with E-state index in [-0.39, 0.29) is 6.42 Å². The van der Waals surface area contributed by atoms with Gasteiger partial charge in [0.25, 0.3) is 0 Å². The molecule has 1 atom stereocenters. The van der Waals surface area contributed by atoms with Crippen molar-refractivity contribution >= 4 is 23.2 Å². The number of carbonyl (C=O) groups is 1. The van der Waals surface area contributed by atoms with Crippen molar-refractivity contribution in [2.45, 2.75) is 12.5 Å². The van der Waals surface area contributed by atoms with E-state index in [1.54, 1.807) is 6.07 Å². The lowest BCUT2D eigenvalue weighted by Crippen LogP contribution is -2.24. The number of nitrogens with one attached hydrogen (secondary N) is 1. The number of ether oxygens (including phenoxy) is 1. The van der Waals surface area contributed by atoms with E-state index >= 15 is 0 Å². The van der Waals surface area contributed by atoms with Gasteiger partial charge in [0, 0.05) is 13.0 Å². The number of methoxy groups -OCH3 is 1. The van der Waals surface area contributed by atoms with Crippen LogP contribution in [-0.4, -0.2) is 35.8 Å². The lowest BCUT2D eigenvalue weighted by atomic mass is 10.2. The molecule has 0 fully saturated rings. The van der Waals surface area contributed by atoms with Crippen molar-refractivity contribution in [1.82, 2.24) is 4.98 Å². The highest BCUT2D eigenvalue weighted by Gasteiger charge is 2.14. The molecule has 0 amide bonds. The smallest absolute Gasteiger partial charge is 0.334 e. The minimum atomic E-state index is -1.15. The zero-order valence-corrected chi connectivity index (χ0v) is 9.51. The number of hydrogen-bond acceptors (Lipinski definition) is 7. The van der Waals surface area contributed by atoms with Crippen molar-refractivity contribution in [2.75, 3.05) is 30.4 Å². The van der Waals surface area contributed by atoms with Gasteiger partial charge in [-0.3, -0.25) is 0 Å². The number of carbonyl (C=O) groups excluding carboxylic acids is 1. The summed E-state index contributed by atoms with van der Waals surface area (Å²) < 4.78 is 4.38. The molecule has 94 valence electrons. The SMILES string of the molecule is COC(=O)C(O)CCNc1ncc(N)cc1N. The predicted molar refractivity (Wildman–Crippen MR) is 64.2 cm³/mol. The van der Waals surface area contributed by atoms with E-state index in [0.29, 0.717) is 23.7 Å². The fraction of sp³-hybridized carbons (Fsp3) is 0.400. The first-order valence-electron chi connectivity index (χ1n) is 5.05. The Hall–Kier alpha value is -2.02. The number of anilines is 3. The first-order valence-corrected chi connectivity index (χ1v) is 5.05. The Labute approximate surface area is 98.8 Å². The highest BCUT2D eigenvalue weighted by atomic mass is 16.5. The number of pyridine rings is 1. The summed E-state index contributed by atoms with van der Waals surface area (Å²) in [6, 6.07) is 1.58. The number of nitrogen functional groups attached to an aromatic ring is 2. The third-order valence-corrected chi connectivity index (χ3v) is 2.12. The quantitative estimate of drug-likeness (QED) is 0.515. The molecule has 7 heteroatoms. The van der Waals surface area contributed by atoms with E-state index in [0.717, 1.165) is 0 Å². The van der Waals surface area contributed by atoms with Crippen LogP contribution in [0.3, 0.4) is 0 Å². The van der Waals surface area contributed by atoms with Gasteiger partial charge in [0.2, 0.25) is 0 Å². The minimum Gasteiger partial charge on any atom is -0.467 e. The van der Waals surface area contributed by atoms with Crippen molar-refractivity contribution in [2.24, 2.45) is 0 Å². The number of nitrogens with two attached hydrogens (primary N) is 2. The van der Waals surface area contributed by atoms with Gasteiger partial charge in [-0.25, -0.2) is 9.78 Å². The summed E-state index contributed by atoms with van der Waals surface area (Å²) in [4.78, 5) is 14.9. The second-order valence-electron chi connectivity index (χ2n) is 3.46. The van der Waals surface area contributed by atoms with Gasteiger partial charge in [-0.1, -0.05) is 0 Å². The maximum atomic E-state index is 10.9. The lowest BCUT2D eigenvalue weighted by molar-refractivity contribution is -0.150. The molecule has 0 saturated carbocycles. The zero-order valence-electron chi connectivity index (χ0n) is 9.51. The van der Waals surface area contributed by atoms with Crippen LogP contribution in [0.5, 0.6) is 0 Å². The van der Waals surface area contributed by atoms with Gasteiger partial charge >= 0.3 is 5.97 Å². The monoisotopic (exact) mass is 240 g/mol. The van der Waals surface area contributed by atoms with E-state index in [1.165, 1.54) is 13.3 Å². The number of nitrogens with zero attached hydrogens (tertiary/aromatic N) is 1. The molecule has 6 N–H and O–H groups in total. The van der Waals surface area contributed by atoms with Crippen LogP contribution in [0.15, 0.2) is 12.3 Å². The zero-order chi connectivity index (χ0) is 12.8. The summed E-state index contributed by atoms with van der Waals surface area (Å²) in [5.41, 5.74) is 12.0. The molecule has 0 aromatic carbocycles. The van der Waals surface area contributed by atoms with Gasteiger partial charge in [0.05, 0.1) is 24.7 Å². The van der Waals surface area contributed by atoms with E-state index in [2.05, 4.69) is 15.0 Å². The van der Waals surface area contributed by atoms with Gasteiger partial charge in [0.15, 0.2) is 6.10 Å². The fourth-order valence-corrected chi connectivity index (χ4v) is 1.23. The molecule has 1 heterocycles. The second-order valence-corrected chi connectivity index (χ2v) is 3.46. The van der Waals surface area contributed by atoms with Crippen LogP contribution in [-0.2, 0) is 9.53 Å². The molecule has 0 spiro atoms. The van der Waals surface area contributed by atoms with Crippen molar-refractivity contribution in [3.05, 3.63) is 12.3 Å². The second kappa shape index (κ2) is 5.90. The summed E-state index contributed by atoms with van der Waals surface area (Å²) in [6.45, 7) is 0.345. The third-order valence-electron chi connectivity index (χ3n) is 2.12. The number of hydrogen-bond donors (Lipinski definition) is 4. The molecule has 0 saturated heterocycles. The summed E-state index contributed by atoms with van der Waals surface area (Å²) in [5, 5.41) is 12.2. The van der Waals surface area contributed by atoms with Crippen LogP contribution in [0.2, 0.25) is 0 Å². The Morgan fingerprint density at radius 3 is 2.94 bits per heavy atom. The van der Waals surface area contributed by atoms with E-state index in [9.17, 15) is 9.90 Å². The molecule has 0 aliphatic rings. The van der Waals surface area contributed by atoms with Gasteiger partial charge in [-0.15, -0.1) is 0 Å². The molecule has 1 rings (SSSR count). The average Bonchev–Trinajstić information content (AvgIpc) is 2.30. The molecule has 1 aromatic rings. The summed E-state index contributed by atoms with van der Waals surface area (Å²) in [6.07, 6.45) is 0.524. The number of aliphatic hydroxyl groups is 1. The van der Waals surface area contributed by atoms with Crippen molar-refractivity contribution in [3.8, 4) is 0 Å². The lowest BCUT2D eigenvalue weighted by Gasteiger charge is -2.11. The minimum absolute atomic E-state index is 0.207. The fourth-order valence-electron chi connectivity index (χ4n) is 1.23. The number of esters is 1. The summed E-state index contributed by atoms with van der Waals surface area (Å²) >= 11 is 0. The summed E-state index contributed by atoms with van der Waals surface area (Å²) in [7, 11) is 1.22. The van der Waals surface area contributed by atoms with Gasteiger partial charge in [-0.05, 0) is 6.07 Å². The van der Waals surface area contributed by atoms with Crippen molar-refractivity contribution in [3.63, 3.8) is 0 Å².